The van der Waals surface area contributed by atoms with E-state index in [0.29, 0.717) is 21.7 Å². The van der Waals surface area contributed by atoms with E-state index in [0.717, 1.165) is 6.54 Å². The fourth-order valence-electron chi connectivity index (χ4n) is 1.26. The van der Waals surface area contributed by atoms with Crippen LogP contribution in [0.5, 0.6) is 0 Å². The molecule has 0 spiro atoms. The van der Waals surface area contributed by atoms with E-state index in [4.69, 9.17) is 23.2 Å². The molecule has 0 saturated heterocycles. The van der Waals surface area contributed by atoms with Gasteiger partial charge in [-0.15, -0.1) is 0 Å². The molecule has 3 nitrogen and oxygen atoms in total. The van der Waals surface area contributed by atoms with Crippen LogP contribution >= 0.6 is 23.2 Å². The number of amides is 1. The fraction of sp³-hybridized carbons (Fsp3) is 0.417. The smallest absolute Gasteiger partial charge is 0.238 e. The summed E-state index contributed by atoms with van der Waals surface area (Å²) in [4.78, 5) is 11.6. The third-order valence-electron chi connectivity index (χ3n) is 2.04. The summed E-state index contributed by atoms with van der Waals surface area (Å²) in [5.41, 5.74) is 0.538. The van der Waals surface area contributed by atoms with Crippen molar-refractivity contribution >= 4 is 34.8 Å². The van der Waals surface area contributed by atoms with Crippen LogP contribution in [0.15, 0.2) is 18.2 Å². The van der Waals surface area contributed by atoms with Crippen molar-refractivity contribution in [3.05, 3.63) is 28.2 Å². The van der Waals surface area contributed by atoms with Crippen molar-refractivity contribution in [3.63, 3.8) is 0 Å². The Labute approximate surface area is 111 Å². The lowest BCUT2D eigenvalue weighted by Crippen LogP contribution is -2.30. The summed E-state index contributed by atoms with van der Waals surface area (Å²) in [5, 5.41) is 6.78. The van der Waals surface area contributed by atoms with Gasteiger partial charge in [0.1, 0.15) is 0 Å². The third kappa shape index (κ3) is 5.39. The lowest BCUT2D eigenvalue weighted by Gasteiger charge is -2.09. The van der Waals surface area contributed by atoms with Crippen molar-refractivity contribution in [1.29, 1.82) is 0 Å². The van der Waals surface area contributed by atoms with Crippen LogP contribution in [-0.4, -0.2) is 19.0 Å². The quantitative estimate of drug-likeness (QED) is 0.866. The molecule has 1 aromatic rings. The lowest BCUT2D eigenvalue weighted by molar-refractivity contribution is -0.115. The summed E-state index contributed by atoms with van der Waals surface area (Å²) in [6.07, 6.45) is 0. The molecule has 0 aliphatic heterocycles. The molecule has 1 aromatic carbocycles. The van der Waals surface area contributed by atoms with Crippen LogP contribution in [0, 0.1) is 5.92 Å². The maximum absolute atomic E-state index is 11.6. The standard InChI is InChI=1S/C12H16Cl2N2O/c1-8(2)6-15-7-12(17)16-11-5-9(13)3-4-10(11)14/h3-5,8,15H,6-7H2,1-2H3,(H,16,17). The summed E-state index contributed by atoms with van der Waals surface area (Å²) in [5.74, 6) is 0.382. The van der Waals surface area contributed by atoms with Crippen LogP contribution in [-0.2, 0) is 4.79 Å². The second kappa shape index (κ2) is 6.84. The van der Waals surface area contributed by atoms with Gasteiger partial charge < -0.3 is 10.6 Å². The average molecular weight is 275 g/mol. The SMILES string of the molecule is CC(C)CNCC(=O)Nc1cc(Cl)ccc1Cl. The maximum atomic E-state index is 11.6. The van der Waals surface area contributed by atoms with E-state index in [-0.39, 0.29) is 12.5 Å². The number of rotatable bonds is 5. The Bertz CT molecular complexity index is 394. The van der Waals surface area contributed by atoms with E-state index in [1.807, 2.05) is 0 Å². The zero-order valence-corrected chi connectivity index (χ0v) is 11.4. The lowest BCUT2D eigenvalue weighted by atomic mass is 10.2. The highest BCUT2D eigenvalue weighted by Crippen LogP contribution is 2.25. The summed E-state index contributed by atoms with van der Waals surface area (Å²) in [7, 11) is 0. The number of nitrogens with one attached hydrogen (secondary N) is 2. The molecule has 0 bridgehead atoms. The molecule has 0 heterocycles. The van der Waals surface area contributed by atoms with Crippen molar-refractivity contribution in [2.24, 2.45) is 5.92 Å². The number of carbonyl (C=O) groups excluding carboxylic acids is 1. The normalized spacial score (nSPS) is 10.6. The molecule has 5 heteroatoms. The number of carbonyl (C=O) groups is 1. The van der Waals surface area contributed by atoms with E-state index < -0.39 is 0 Å². The largest absolute Gasteiger partial charge is 0.324 e. The monoisotopic (exact) mass is 274 g/mol. The van der Waals surface area contributed by atoms with Crippen molar-refractivity contribution in [2.75, 3.05) is 18.4 Å². The van der Waals surface area contributed by atoms with Crippen LogP contribution in [0.2, 0.25) is 10.0 Å². The Hall–Kier alpha value is -0.770. The van der Waals surface area contributed by atoms with Crippen LogP contribution in [0.4, 0.5) is 5.69 Å². The minimum absolute atomic E-state index is 0.130. The minimum Gasteiger partial charge on any atom is -0.324 e. The second-order valence-electron chi connectivity index (χ2n) is 4.20. The van der Waals surface area contributed by atoms with Gasteiger partial charge in [0.15, 0.2) is 0 Å². The van der Waals surface area contributed by atoms with E-state index in [1.165, 1.54) is 0 Å². The van der Waals surface area contributed by atoms with Gasteiger partial charge in [-0.2, -0.15) is 0 Å². The molecule has 0 atom stereocenters. The Balaban J connectivity index is 2.47. The molecule has 0 radical (unpaired) electrons. The molecule has 17 heavy (non-hydrogen) atoms. The molecule has 2 N–H and O–H groups in total. The first-order valence-electron chi connectivity index (χ1n) is 5.44. The first-order chi connectivity index (χ1) is 7.99. The molecular formula is C12H16Cl2N2O. The topological polar surface area (TPSA) is 41.1 Å². The van der Waals surface area contributed by atoms with Crippen molar-refractivity contribution in [2.45, 2.75) is 13.8 Å². The van der Waals surface area contributed by atoms with E-state index in [1.54, 1.807) is 18.2 Å². The molecule has 94 valence electrons. The molecule has 1 rings (SSSR count). The highest BCUT2D eigenvalue weighted by atomic mass is 35.5. The predicted molar refractivity (Wildman–Crippen MR) is 72.8 cm³/mol. The van der Waals surface area contributed by atoms with E-state index in [2.05, 4.69) is 24.5 Å². The van der Waals surface area contributed by atoms with Crippen LogP contribution < -0.4 is 10.6 Å². The molecule has 0 fully saturated rings. The fourth-order valence-corrected chi connectivity index (χ4v) is 1.60. The zero-order chi connectivity index (χ0) is 12.8. The Morgan fingerprint density at radius 1 is 1.35 bits per heavy atom. The number of halogens is 2. The molecule has 0 aromatic heterocycles. The van der Waals surface area contributed by atoms with Crippen molar-refractivity contribution in [1.82, 2.24) is 5.32 Å². The molecule has 0 unspecified atom stereocenters. The molecular weight excluding hydrogens is 259 g/mol. The van der Waals surface area contributed by atoms with Gasteiger partial charge in [-0.3, -0.25) is 4.79 Å². The molecule has 0 aliphatic rings. The van der Waals surface area contributed by atoms with Gasteiger partial charge in [0.25, 0.3) is 0 Å². The maximum Gasteiger partial charge on any atom is 0.238 e. The summed E-state index contributed by atoms with van der Waals surface area (Å²) < 4.78 is 0. The van der Waals surface area contributed by atoms with Gasteiger partial charge in [-0.25, -0.2) is 0 Å². The zero-order valence-electron chi connectivity index (χ0n) is 9.89. The summed E-state index contributed by atoms with van der Waals surface area (Å²) >= 11 is 11.8. The predicted octanol–water partition coefficient (Wildman–Crippen LogP) is 3.18. The first kappa shape index (κ1) is 14.3. The molecule has 0 aliphatic carbocycles. The summed E-state index contributed by atoms with van der Waals surface area (Å²) in [6, 6.07) is 4.96. The Morgan fingerprint density at radius 3 is 2.71 bits per heavy atom. The van der Waals surface area contributed by atoms with Crippen LogP contribution in [0.25, 0.3) is 0 Å². The van der Waals surface area contributed by atoms with Gasteiger partial charge in [0, 0.05) is 5.02 Å². The van der Waals surface area contributed by atoms with Gasteiger partial charge in [0.2, 0.25) is 5.91 Å². The van der Waals surface area contributed by atoms with Crippen LogP contribution in [0.1, 0.15) is 13.8 Å². The number of hydrogen-bond acceptors (Lipinski definition) is 2. The second-order valence-corrected chi connectivity index (χ2v) is 5.04. The van der Waals surface area contributed by atoms with Gasteiger partial charge in [0.05, 0.1) is 17.3 Å². The van der Waals surface area contributed by atoms with E-state index >= 15 is 0 Å². The van der Waals surface area contributed by atoms with E-state index in [9.17, 15) is 4.79 Å². The highest BCUT2D eigenvalue weighted by molar-refractivity contribution is 6.35. The third-order valence-corrected chi connectivity index (χ3v) is 2.61. The Kier molecular flexibility index (Phi) is 5.75. The Morgan fingerprint density at radius 2 is 2.06 bits per heavy atom. The number of benzene rings is 1. The molecule has 1 amide bonds. The number of anilines is 1. The van der Waals surface area contributed by atoms with Gasteiger partial charge in [-0.1, -0.05) is 37.0 Å². The van der Waals surface area contributed by atoms with Gasteiger partial charge in [-0.05, 0) is 30.7 Å². The van der Waals surface area contributed by atoms with Crippen molar-refractivity contribution < 1.29 is 4.79 Å². The highest BCUT2D eigenvalue weighted by Gasteiger charge is 2.06. The van der Waals surface area contributed by atoms with Crippen molar-refractivity contribution in [3.8, 4) is 0 Å². The van der Waals surface area contributed by atoms with Gasteiger partial charge >= 0.3 is 0 Å². The number of hydrogen-bond donors (Lipinski definition) is 2. The minimum atomic E-state index is -0.130. The average Bonchev–Trinajstić information content (AvgIpc) is 2.23. The molecule has 0 saturated carbocycles. The first-order valence-corrected chi connectivity index (χ1v) is 6.20. The van der Waals surface area contributed by atoms with Crippen LogP contribution in [0.3, 0.4) is 0 Å². The summed E-state index contributed by atoms with van der Waals surface area (Å²) in [6.45, 7) is 5.23.